The topological polar surface area (TPSA) is 38.3 Å². The van der Waals surface area contributed by atoms with E-state index in [0.717, 1.165) is 0 Å². The zero-order valence-corrected chi connectivity index (χ0v) is 10.6. The fourth-order valence-corrected chi connectivity index (χ4v) is 2.01. The Morgan fingerprint density at radius 2 is 2.00 bits per heavy atom. The van der Waals surface area contributed by atoms with Crippen molar-refractivity contribution in [2.75, 3.05) is 13.7 Å². The number of benzene rings is 1. The zero-order valence-electron chi connectivity index (χ0n) is 9.09. The van der Waals surface area contributed by atoms with Crippen LogP contribution < -0.4 is 5.32 Å². The first kappa shape index (κ1) is 13.3. The van der Waals surface area contributed by atoms with Crippen molar-refractivity contribution in [3.63, 3.8) is 0 Å². The number of ether oxygens (including phenoxy) is 1. The summed E-state index contributed by atoms with van der Waals surface area (Å²) >= 11 is 12.0. The first-order valence-electron chi connectivity index (χ1n) is 4.89. The molecule has 1 aromatic carbocycles. The molecule has 0 amide bonds. The van der Waals surface area contributed by atoms with Crippen LogP contribution in [0.4, 0.5) is 0 Å². The maximum Gasteiger partial charge on any atom is 0.327 e. The molecule has 0 aromatic heterocycles. The van der Waals surface area contributed by atoms with Crippen LogP contribution in [0.5, 0.6) is 0 Å². The Labute approximate surface area is 105 Å². The van der Waals surface area contributed by atoms with Gasteiger partial charge in [-0.25, -0.2) is 4.79 Å². The molecule has 1 N–H and O–H groups in total. The number of carbonyl (C=O) groups excluding carboxylic acids is 1. The minimum absolute atomic E-state index is 0.319. The van der Waals surface area contributed by atoms with Gasteiger partial charge in [-0.15, -0.1) is 0 Å². The summed E-state index contributed by atoms with van der Waals surface area (Å²) < 4.78 is 4.94. The first-order chi connectivity index (χ1) is 7.61. The third-order valence-electron chi connectivity index (χ3n) is 2.10. The van der Waals surface area contributed by atoms with Gasteiger partial charge in [0.2, 0.25) is 0 Å². The summed E-state index contributed by atoms with van der Waals surface area (Å²) in [5, 5.41) is 3.73. The summed E-state index contributed by atoms with van der Waals surface area (Å²) in [7, 11) is 1.65. The Morgan fingerprint density at radius 1 is 1.44 bits per heavy atom. The van der Waals surface area contributed by atoms with Gasteiger partial charge in [-0.3, -0.25) is 0 Å². The van der Waals surface area contributed by atoms with Crippen LogP contribution in [0.2, 0.25) is 10.0 Å². The molecule has 0 saturated carbocycles. The summed E-state index contributed by atoms with van der Waals surface area (Å²) in [6.07, 6.45) is 0. The van der Waals surface area contributed by atoms with Crippen LogP contribution in [0.3, 0.4) is 0 Å². The summed E-state index contributed by atoms with van der Waals surface area (Å²) in [6, 6.07) is 4.46. The fourth-order valence-electron chi connectivity index (χ4n) is 1.39. The van der Waals surface area contributed by atoms with E-state index in [1.807, 2.05) is 0 Å². The average molecular weight is 262 g/mol. The van der Waals surface area contributed by atoms with Gasteiger partial charge in [0, 0.05) is 15.6 Å². The molecule has 0 aliphatic heterocycles. The van der Waals surface area contributed by atoms with Gasteiger partial charge >= 0.3 is 5.97 Å². The van der Waals surface area contributed by atoms with E-state index >= 15 is 0 Å². The normalized spacial score (nSPS) is 12.2. The second-order valence-corrected chi connectivity index (χ2v) is 3.92. The number of carbonyl (C=O) groups is 1. The second kappa shape index (κ2) is 6.09. The fraction of sp³-hybridized carbons (Fsp3) is 0.364. The molecule has 5 heteroatoms. The summed E-state index contributed by atoms with van der Waals surface area (Å²) in [5.74, 6) is -0.389. The molecule has 0 radical (unpaired) electrons. The molecule has 1 rings (SSSR count). The van der Waals surface area contributed by atoms with Gasteiger partial charge in [-0.1, -0.05) is 29.3 Å². The Hall–Kier alpha value is -0.770. The van der Waals surface area contributed by atoms with Crippen molar-refractivity contribution in [1.29, 1.82) is 0 Å². The lowest BCUT2D eigenvalue weighted by atomic mass is 10.1. The molecule has 1 unspecified atom stereocenters. The van der Waals surface area contributed by atoms with E-state index in [0.29, 0.717) is 22.2 Å². The Bertz CT molecular complexity index is 362. The van der Waals surface area contributed by atoms with Gasteiger partial charge in [-0.2, -0.15) is 0 Å². The van der Waals surface area contributed by atoms with Gasteiger partial charge in [0.05, 0.1) is 6.61 Å². The SMILES string of the molecule is CCOC(=O)C(NC)c1c(Cl)cccc1Cl. The molecule has 1 atom stereocenters. The molecular formula is C11H13Cl2NO2. The maximum absolute atomic E-state index is 11.7. The zero-order chi connectivity index (χ0) is 12.1. The van der Waals surface area contributed by atoms with Gasteiger partial charge in [0.15, 0.2) is 0 Å². The molecule has 16 heavy (non-hydrogen) atoms. The first-order valence-corrected chi connectivity index (χ1v) is 5.65. The van der Waals surface area contributed by atoms with Crippen molar-refractivity contribution in [3.05, 3.63) is 33.8 Å². The molecule has 0 spiro atoms. The predicted molar refractivity (Wildman–Crippen MR) is 64.9 cm³/mol. The summed E-state index contributed by atoms with van der Waals surface area (Å²) in [5.41, 5.74) is 0.548. The minimum Gasteiger partial charge on any atom is -0.465 e. The number of nitrogens with one attached hydrogen (secondary N) is 1. The highest BCUT2D eigenvalue weighted by Gasteiger charge is 2.24. The highest BCUT2D eigenvalue weighted by Crippen LogP contribution is 2.30. The van der Waals surface area contributed by atoms with Gasteiger partial charge < -0.3 is 10.1 Å². The van der Waals surface area contributed by atoms with Crippen molar-refractivity contribution in [1.82, 2.24) is 5.32 Å². The number of hydrogen-bond donors (Lipinski definition) is 1. The number of hydrogen-bond acceptors (Lipinski definition) is 3. The van der Waals surface area contributed by atoms with Crippen molar-refractivity contribution in [3.8, 4) is 0 Å². The third kappa shape index (κ3) is 2.88. The van der Waals surface area contributed by atoms with Crippen molar-refractivity contribution in [2.45, 2.75) is 13.0 Å². The van der Waals surface area contributed by atoms with Crippen LogP contribution in [-0.4, -0.2) is 19.6 Å². The lowest BCUT2D eigenvalue weighted by molar-refractivity contribution is -0.145. The minimum atomic E-state index is -0.638. The quantitative estimate of drug-likeness (QED) is 0.848. The molecule has 0 bridgehead atoms. The highest BCUT2D eigenvalue weighted by atomic mass is 35.5. The number of likely N-dealkylation sites (N-methyl/N-ethyl adjacent to an activating group) is 1. The summed E-state index contributed by atoms with van der Waals surface area (Å²) in [6.45, 7) is 2.07. The third-order valence-corrected chi connectivity index (χ3v) is 2.76. The van der Waals surface area contributed by atoms with Crippen LogP contribution in [-0.2, 0) is 9.53 Å². The molecule has 3 nitrogen and oxygen atoms in total. The molecule has 0 heterocycles. The van der Waals surface area contributed by atoms with Crippen LogP contribution in [0.25, 0.3) is 0 Å². The monoisotopic (exact) mass is 261 g/mol. The second-order valence-electron chi connectivity index (χ2n) is 3.11. The maximum atomic E-state index is 11.7. The van der Waals surface area contributed by atoms with E-state index in [4.69, 9.17) is 27.9 Å². The number of esters is 1. The van der Waals surface area contributed by atoms with Crippen molar-refractivity contribution >= 4 is 29.2 Å². The van der Waals surface area contributed by atoms with E-state index in [1.165, 1.54) is 0 Å². The molecule has 88 valence electrons. The van der Waals surface area contributed by atoms with Gasteiger partial charge in [-0.05, 0) is 26.1 Å². The largest absolute Gasteiger partial charge is 0.465 e. The standard InChI is InChI=1S/C11H13Cl2NO2/c1-3-16-11(15)10(14-2)9-7(12)5-4-6-8(9)13/h4-6,10,14H,3H2,1-2H3. The Morgan fingerprint density at radius 3 is 2.44 bits per heavy atom. The molecule has 0 aliphatic carbocycles. The van der Waals surface area contributed by atoms with E-state index in [9.17, 15) is 4.79 Å². The predicted octanol–water partition coefficient (Wildman–Crippen LogP) is 2.82. The van der Waals surface area contributed by atoms with Crippen molar-refractivity contribution < 1.29 is 9.53 Å². The Balaban J connectivity index is 3.08. The summed E-state index contributed by atoms with van der Waals surface area (Å²) in [4.78, 5) is 11.7. The molecule has 1 aromatic rings. The average Bonchev–Trinajstić information content (AvgIpc) is 2.24. The van der Waals surface area contributed by atoms with E-state index in [2.05, 4.69) is 5.32 Å². The molecular weight excluding hydrogens is 249 g/mol. The molecule has 0 aliphatic rings. The van der Waals surface area contributed by atoms with Crippen LogP contribution in [0.15, 0.2) is 18.2 Å². The van der Waals surface area contributed by atoms with Gasteiger partial charge in [0.25, 0.3) is 0 Å². The van der Waals surface area contributed by atoms with Crippen LogP contribution >= 0.6 is 23.2 Å². The van der Waals surface area contributed by atoms with Crippen LogP contribution in [0, 0.1) is 0 Å². The Kier molecular flexibility index (Phi) is 5.06. The smallest absolute Gasteiger partial charge is 0.327 e. The van der Waals surface area contributed by atoms with Crippen LogP contribution in [0.1, 0.15) is 18.5 Å². The number of halogens is 2. The van der Waals surface area contributed by atoms with E-state index in [-0.39, 0.29) is 5.97 Å². The highest BCUT2D eigenvalue weighted by molar-refractivity contribution is 6.36. The molecule has 0 fully saturated rings. The van der Waals surface area contributed by atoms with E-state index in [1.54, 1.807) is 32.2 Å². The van der Waals surface area contributed by atoms with Gasteiger partial charge in [0.1, 0.15) is 6.04 Å². The lowest BCUT2D eigenvalue weighted by Gasteiger charge is -2.17. The lowest BCUT2D eigenvalue weighted by Crippen LogP contribution is -2.27. The van der Waals surface area contributed by atoms with E-state index < -0.39 is 6.04 Å². The molecule has 0 saturated heterocycles. The number of rotatable bonds is 4. The van der Waals surface area contributed by atoms with Crippen molar-refractivity contribution in [2.24, 2.45) is 0 Å².